The Morgan fingerprint density at radius 3 is 2.00 bits per heavy atom. The molecule has 10 heavy (non-hydrogen) atoms. The Bertz CT molecular complexity index is 99.9. The van der Waals surface area contributed by atoms with Gasteiger partial charge in [0.2, 0.25) is 0 Å². The maximum absolute atomic E-state index is 11.6. The molecule has 0 aromatic rings. The van der Waals surface area contributed by atoms with Gasteiger partial charge in [-0.05, 0) is 31.6 Å². The van der Waals surface area contributed by atoms with Gasteiger partial charge in [-0.2, -0.15) is 13.2 Å². The van der Waals surface area contributed by atoms with Crippen LogP contribution in [0.3, 0.4) is 0 Å². The number of halogens is 3. The van der Waals surface area contributed by atoms with Crippen molar-refractivity contribution in [1.82, 2.24) is 0 Å². The van der Waals surface area contributed by atoms with Crippen molar-refractivity contribution in [2.24, 2.45) is 0 Å². The van der Waals surface area contributed by atoms with Crippen LogP contribution in [0.15, 0.2) is 0 Å². The second-order valence-electron chi connectivity index (χ2n) is 2.09. The number of hydrogen-bond donors (Lipinski definition) is 0. The van der Waals surface area contributed by atoms with Crippen molar-refractivity contribution < 1.29 is 13.2 Å². The molecule has 0 aromatic carbocycles. The van der Waals surface area contributed by atoms with E-state index in [0.717, 1.165) is 0 Å². The smallest absolute Gasteiger partial charge is 0.171 e. The van der Waals surface area contributed by atoms with Crippen LogP contribution in [0.2, 0.25) is 0 Å². The van der Waals surface area contributed by atoms with E-state index in [1.165, 1.54) is 12.8 Å². The molecule has 0 nitrogen and oxygen atoms in total. The van der Waals surface area contributed by atoms with Gasteiger partial charge in [-0.15, -0.1) is 0 Å². The minimum atomic E-state index is -4.08. The molecule has 0 heterocycles. The number of rotatable bonds is 1. The quantitative estimate of drug-likeness (QED) is 0.534. The first-order chi connectivity index (χ1) is 4.58. The summed E-state index contributed by atoms with van der Waals surface area (Å²) in [6.07, 6.45) is 1.23. The van der Waals surface area contributed by atoms with Crippen LogP contribution in [0.1, 0.15) is 6.42 Å². The largest absolute Gasteiger partial charge is 0.389 e. The summed E-state index contributed by atoms with van der Waals surface area (Å²) in [5, 5.41) is 0. The monoisotopic (exact) mass is 147 g/mol. The van der Waals surface area contributed by atoms with E-state index in [1.54, 1.807) is 12.8 Å². The fraction of sp³-hybridized carbons (Fsp3) is 0.286. The molecule has 0 spiro atoms. The van der Waals surface area contributed by atoms with Gasteiger partial charge in [-0.1, -0.05) is 0 Å². The Labute approximate surface area is 58.4 Å². The molecule has 0 aliphatic heterocycles. The minimum Gasteiger partial charge on any atom is -0.171 e. The Balaban J connectivity index is 2.24. The van der Waals surface area contributed by atoms with E-state index in [-0.39, 0.29) is 0 Å². The SMILES string of the molecule is FC(F)(F)C[C]1[CH][CH][CH][CH]1. The topological polar surface area (TPSA) is 0 Å². The van der Waals surface area contributed by atoms with Crippen molar-refractivity contribution in [2.75, 3.05) is 0 Å². The van der Waals surface area contributed by atoms with Crippen molar-refractivity contribution in [3.8, 4) is 0 Å². The van der Waals surface area contributed by atoms with E-state index in [0.29, 0.717) is 5.92 Å². The third kappa shape index (κ3) is 2.58. The molecule has 0 saturated heterocycles. The van der Waals surface area contributed by atoms with E-state index < -0.39 is 12.6 Å². The van der Waals surface area contributed by atoms with Gasteiger partial charge in [0, 0.05) is 0 Å². The van der Waals surface area contributed by atoms with Gasteiger partial charge in [-0.3, -0.25) is 0 Å². The average Bonchev–Trinajstić information content (AvgIpc) is 2.12. The lowest BCUT2D eigenvalue weighted by Gasteiger charge is -2.09. The van der Waals surface area contributed by atoms with Crippen LogP contribution in [-0.2, 0) is 0 Å². The zero-order valence-electron chi connectivity index (χ0n) is 5.15. The predicted molar refractivity (Wildman–Crippen MR) is 31.1 cm³/mol. The summed E-state index contributed by atoms with van der Waals surface area (Å²) in [6, 6.07) is 0. The molecule has 5 radical (unpaired) electrons. The summed E-state index contributed by atoms with van der Waals surface area (Å²) in [7, 11) is 0. The fourth-order valence-corrected chi connectivity index (χ4v) is 0.763. The van der Waals surface area contributed by atoms with Crippen LogP contribution in [0.5, 0.6) is 0 Å². The normalized spacial score (nSPS) is 21.9. The van der Waals surface area contributed by atoms with E-state index >= 15 is 0 Å². The molecule has 0 amide bonds. The zero-order valence-corrected chi connectivity index (χ0v) is 5.15. The first kappa shape index (κ1) is 7.89. The number of alkyl halides is 3. The molecule has 1 aliphatic rings. The van der Waals surface area contributed by atoms with Crippen LogP contribution < -0.4 is 0 Å². The first-order valence-electron chi connectivity index (χ1n) is 2.85. The minimum absolute atomic E-state index is 0.326. The molecule has 3 heteroatoms. The van der Waals surface area contributed by atoms with Gasteiger partial charge in [0.15, 0.2) is 0 Å². The van der Waals surface area contributed by atoms with E-state index in [2.05, 4.69) is 0 Å². The van der Waals surface area contributed by atoms with Gasteiger partial charge >= 0.3 is 6.18 Å². The van der Waals surface area contributed by atoms with Gasteiger partial charge in [0.05, 0.1) is 6.42 Å². The molecule has 1 fully saturated rings. The molecule has 1 rings (SSSR count). The lowest BCUT2D eigenvalue weighted by molar-refractivity contribution is -0.129. The molecular weight excluding hydrogens is 141 g/mol. The standard InChI is InChI=1S/C7H6F3/c8-7(9,10)5-6-3-1-2-4-6/h1-4H,5H2. The summed E-state index contributed by atoms with van der Waals surface area (Å²) >= 11 is 0. The van der Waals surface area contributed by atoms with Gasteiger partial charge in [0.1, 0.15) is 0 Å². The summed E-state index contributed by atoms with van der Waals surface area (Å²) in [5.74, 6) is 0.326. The highest BCUT2D eigenvalue weighted by Crippen LogP contribution is 2.34. The van der Waals surface area contributed by atoms with Crippen LogP contribution >= 0.6 is 0 Å². The first-order valence-corrected chi connectivity index (χ1v) is 2.85. The van der Waals surface area contributed by atoms with Crippen LogP contribution in [0, 0.1) is 31.6 Å². The number of hydrogen-bond acceptors (Lipinski definition) is 0. The molecule has 0 bridgehead atoms. The van der Waals surface area contributed by atoms with Gasteiger partial charge < -0.3 is 0 Å². The molecule has 0 N–H and O–H groups in total. The fourth-order valence-electron chi connectivity index (χ4n) is 0.763. The second kappa shape index (κ2) is 2.81. The maximum Gasteiger partial charge on any atom is 0.389 e. The van der Waals surface area contributed by atoms with Crippen molar-refractivity contribution in [3.05, 3.63) is 31.6 Å². The average molecular weight is 147 g/mol. The van der Waals surface area contributed by atoms with Gasteiger partial charge in [-0.25, -0.2) is 0 Å². The lowest BCUT2D eigenvalue weighted by Crippen LogP contribution is -2.11. The summed E-state index contributed by atoms with van der Waals surface area (Å²) in [6.45, 7) is 0. The van der Waals surface area contributed by atoms with Crippen LogP contribution in [0.25, 0.3) is 0 Å². The summed E-state index contributed by atoms with van der Waals surface area (Å²) in [4.78, 5) is 0. The zero-order chi connectivity index (χ0) is 7.61. The Morgan fingerprint density at radius 1 is 1.10 bits per heavy atom. The maximum atomic E-state index is 11.6. The van der Waals surface area contributed by atoms with Crippen molar-refractivity contribution >= 4 is 0 Å². The lowest BCUT2D eigenvalue weighted by atomic mass is 10.0. The highest BCUT2D eigenvalue weighted by Gasteiger charge is 2.33. The van der Waals surface area contributed by atoms with Crippen molar-refractivity contribution in [3.63, 3.8) is 0 Å². The van der Waals surface area contributed by atoms with E-state index in [1.807, 2.05) is 0 Å². The summed E-state index contributed by atoms with van der Waals surface area (Å²) < 4.78 is 34.9. The highest BCUT2D eigenvalue weighted by molar-refractivity contribution is 5.35. The molecule has 0 unspecified atom stereocenters. The highest BCUT2D eigenvalue weighted by atomic mass is 19.4. The Hall–Kier alpha value is -0.210. The predicted octanol–water partition coefficient (Wildman–Crippen LogP) is 2.34. The van der Waals surface area contributed by atoms with Crippen molar-refractivity contribution in [2.45, 2.75) is 12.6 Å². The molecular formula is C7H6F3. The Kier molecular flexibility index (Phi) is 2.21. The third-order valence-electron chi connectivity index (χ3n) is 1.14. The van der Waals surface area contributed by atoms with E-state index in [4.69, 9.17) is 0 Å². The van der Waals surface area contributed by atoms with Crippen LogP contribution in [-0.4, -0.2) is 6.18 Å². The van der Waals surface area contributed by atoms with E-state index in [9.17, 15) is 13.2 Å². The molecule has 1 aliphatic carbocycles. The molecule has 0 atom stereocenters. The summed E-state index contributed by atoms with van der Waals surface area (Å²) in [5.41, 5.74) is 0. The molecule has 1 saturated carbocycles. The Morgan fingerprint density at radius 2 is 1.60 bits per heavy atom. The second-order valence-corrected chi connectivity index (χ2v) is 2.09. The van der Waals surface area contributed by atoms with Crippen LogP contribution in [0.4, 0.5) is 13.2 Å². The third-order valence-corrected chi connectivity index (χ3v) is 1.14. The van der Waals surface area contributed by atoms with Crippen molar-refractivity contribution in [1.29, 1.82) is 0 Å². The van der Waals surface area contributed by atoms with Gasteiger partial charge in [0.25, 0.3) is 0 Å². The molecule has 55 valence electrons. The molecule has 0 aromatic heterocycles.